The summed E-state index contributed by atoms with van der Waals surface area (Å²) in [4.78, 5) is 44.5. The highest BCUT2D eigenvalue weighted by Crippen LogP contribution is 2.29. The fraction of sp³-hybridized carbons (Fsp3) is 0.250. The number of thiazole rings is 1. The number of amides is 2. The van der Waals surface area contributed by atoms with Crippen LogP contribution in [0.2, 0.25) is 0 Å². The minimum absolute atomic E-state index is 0.151. The number of nitrogens with zero attached hydrogens (tertiary/aromatic N) is 3. The number of nitrogens with one attached hydrogen (secondary N) is 1. The summed E-state index contributed by atoms with van der Waals surface area (Å²) >= 11 is 1.57. The minimum atomic E-state index is -0.204. The Kier molecular flexibility index (Phi) is 6.44. The third kappa shape index (κ3) is 4.98. The number of rotatable bonds is 8. The van der Waals surface area contributed by atoms with Crippen molar-refractivity contribution in [2.75, 3.05) is 18.9 Å². The molecule has 3 aromatic rings. The second-order valence-electron chi connectivity index (χ2n) is 6.24. The van der Waals surface area contributed by atoms with Gasteiger partial charge in [0.05, 0.1) is 27.8 Å². The topological polar surface area (TPSA) is 92.3 Å². The van der Waals surface area contributed by atoms with Gasteiger partial charge in [0.25, 0.3) is 0 Å². The fourth-order valence-corrected chi connectivity index (χ4v) is 3.51. The molecule has 0 aliphatic heterocycles. The number of aldehydes is 1. The van der Waals surface area contributed by atoms with E-state index in [1.165, 1.54) is 4.90 Å². The van der Waals surface area contributed by atoms with Crippen LogP contribution in [0.3, 0.4) is 0 Å². The van der Waals surface area contributed by atoms with Crippen molar-refractivity contribution < 1.29 is 14.4 Å². The number of anilines is 1. The van der Waals surface area contributed by atoms with Gasteiger partial charge in [0.15, 0.2) is 0 Å². The lowest BCUT2D eigenvalue weighted by atomic mass is 10.2. The number of hydrogen-bond donors (Lipinski definition) is 1. The van der Waals surface area contributed by atoms with Gasteiger partial charge in [-0.2, -0.15) is 0 Å². The number of aromatic nitrogens is 2. The lowest BCUT2D eigenvalue weighted by Gasteiger charge is -2.16. The molecule has 0 unspecified atom stereocenters. The first-order valence-corrected chi connectivity index (χ1v) is 9.68. The largest absolute Gasteiger partial charge is 0.345 e. The molecule has 1 N–H and O–H groups in total. The third-order valence-electron chi connectivity index (χ3n) is 4.14. The Hall–Kier alpha value is -3.13. The zero-order valence-electron chi connectivity index (χ0n) is 15.4. The zero-order chi connectivity index (χ0) is 19.9. The van der Waals surface area contributed by atoms with E-state index in [9.17, 15) is 14.4 Å². The van der Waals surface area contributed by atoms with E-state index in [2.05, 4.69) is 15.3 Å². The van der Waals surface area contributed by atoms with Crippen LogP contribution in [0, 0.1) is 0 Å². The van der Waals surface area contributed by atoms with Crippen LogP contribution in [-0.4, -0.2) is 46.6 Å². The van der Waals surface area contributed by atoms with Crippen LogP contribution in [0.25, 0.3) is 20.9 Å². The van der Waals surface area contributed by atoms with Crippen molar-refractivity contribution in [1.82, 2.24) is 14.9 Å². The number of fused-ring (bicyclic) bond motifs is 1. The molecular weight excluding hydrogens is 376 g/mol. The molecule has 0 fully saturated rings. The molecule has 1 aromatic carbocycles. The number of benzene rings is 1. The number of para-hydroxylation sites is 1. The van der Waals surface area contributed by atoms with E-state index in [-0.39, 0.29) is 31.1 Å². The summed E-state index contributed by atoms with van der Waals surface area (Å²) in [5.74, 6) is -0.355. The second-order valence-corrected chi connectivity index (χ2v) is 7.27. The van der Waals surface area contributed by atoms with E-state index in [1.807, 2.05) is 30.3 Å². The standard InChI is InChI=1S/C20H20N4O3S/c1-24(19(27)7-4-12-25)11-10-18(26)22-14-8-9-16(21-13-14)20-23-15-5-2-3-6-17(15)28-20/h2-3,5-6,8-9,12-13H,4,7,10-11H2,1H3,(H,22,26). The molecule has 3 rings (SSSR count). The van der Waals surface area contributed by atoms with Gasteiger partial charge < -0.3 is 15.0 Å². The van der Waals surface area contributed by atoms with Crippen LogP contribution in [0.15, 0.2) is 42.6 Å². The summed E-state index contributed by atoms with van der Waals surface area (Å²) in [5.41, 5.74) is 2.28. The average Bonchev–Trinajstić information content (AvgIpc) is 3.15. The van der Waals surface area contributed by atoms with Crippen LogP contribution in [0.1, 0.15) is 19.3 Å². The summed E-state index contributed by atoms with van der Waals surface area (Å²) in [7, 11) is 1.62. The van der Waals surface area contributed by atoms with Crippen molar-refractivity contribution >= 4 is 45.3 Å². The Morgan fingerprint density at radius 1 is 1.18 bits per heavy atom. The summed E-state index contributed by atoms with van der Waals surface area (Å²) in [5, 5.41) is 3.60. The third-order valence-corrected chi connectivity index (χ3v) is 5.20. The molecule has 0 saturated carbocycles. The van der Waals surface area contributed by atoms with Gasteiger partial charge in [-0.15, -0.1) is 11.3 Å². The highest BCUT2D eigenvalue weighted by atomic mass is 32.1. The summed E-state index contributed by atoms with van der Waals surface area (Å²) in [6.45, 7) is 0.292. The molecule has 2 amide bonds. The van der Waals surface area contributed by atoms with Gasteiger partial charge >= 0.3 is 0 Å². The van der Waals surface area contributed by atoms with E-state index in [4.69, 9.17) is 0 Å². The average molecular weight is 396 g/mol. The molecule has 0 aliphatic carbocycles. The molecule has 0 atom stereocenters. The first-order valence-electron chi connectivity index (χ1n) is 8.86. The molecule has 144 valence electrons. The molecular formula is C20H20N4O3S. The minimum Gasteiger partial charge on any atom is -0.345 e. The number of hydrogen-bond acceptors (Lipinski definition) is 6. The van der Waals surface area contributed by atoms with Gasteiger partial charge in [-0.05, 0) is 24.3 Å². The molecule has 8 heteroatoms. The van der Waals surface area contributed by atoms with E-state index < -0.39 is 0 Å². The van der Waals surface area contributed by atoms with E-state index in [0.29, 0.717) is 18.5 Å². The predicted molar refractivity (Wildman–Crippen MR) is 109 cm³/mol. The van der Waals surface area contributed by atoms with E-state index in [0.717, 1.165) is 20.9 Å². The Balaban J connectivity index is 1.54. The molecule has 0 bridgehead atoms. The normalized spacial score (nSPS) is 10.6. The van der Waals surface area contributed by atoms with Gasteiger partial charge in [0, 0.05) is 32.9 Å². The van der Waals surface area contributed by atoms with Crippen molar-refractivity contribution in [2.45, 2.75) is 19.3 Å². The lowest BCUT2D eigenvalue weighted by molar-refractivity contribution is -0.131. The molecule has 0 spiro atoms. The quantitative estimate of drug-likeness (QED) is 0.591. The fourth-order valence-electron chi connectivity index (χ4n) is 2.57. The van der Waals surface area contributed by atoms with Gasteiger partial charge in [0.2, 0.25) is 11.8 Å². The summed E-state index contributed by atoms with van der Waals surface area (Å²) in [6.07, 6.45) is 2.84. The highest BCUT2D eigenvalue weighted by molar-refractivity contribution is 7.21. The van der Waals surface area contributed by atoms with Crippen LogP contribution in [-0.2, 0) is 14.4 Å². The first kappa shape index (κ1) is 19.6. The molecule has 2 heterocycles. The Labute approximate surface area is 166 Å². The van der Waals surface area contributed by atoms with Gasteiger partial charge in [-0.3, -0.25) is 14.6 Å². The van der Waals surface area contributed by atoms with Crippen LogP contribution >= 0.6 is 11.3 Å². The predicted octanol–water partition coefficient (Wildman–Crippen LogP) is 3.12. The maximum atomic E-state index is 12.1. The molecule has 28 heavy (non-hydrogen) atoms. The Bertz CT molecular complexity index is 952. The molecule has 0 radical (unpaired) electrons. The van der Waals surface area contributed by atoms with E-state index in [1.54, 1.807) is 30.6 Å². The highest BCUT2D eigenvalue weighted by Gasteiger charge is 2.11. The number of carbonyl (C=O) groups excluding carboxylic acids is 3. The van der Waals surface area contributed by atoms with Gasteiger partial charge in [-0.1, -0.05) is 12.1 Å². The van der Waals surface area contributed by atoms with Crippen molar-refractivity contribution in [3.63, 3.8) is 0 Å². The molecule has 7 nitrogen and oxygen atoms in total. The molecule has 0 saturated heterocycles. The summed E-state index contributed by atoms with van der Waals surface area (Å²) in [6, 6.07) is 11.5. The maximum absolute atomic E-state index is 12.1. The monoisotopic (exact) mass is 396 g/mol. The van der Waals surface area contributed by atoms with Crippen molar-refractivity contribution in [3.05, 3.63) is 42.6 Å². The Morgan fingerprint density at radius 3 is 2.71 bits per heavy atom. The molecule has 0 aliphatic rings. The van der Waals surface area contributed by atoms with Crippen LogP contribution in [0.4, 0.5) is 5.69 Å². The summed E-state index contributed by atoms with van der Waals surface area (Å²) < 4.78 is 1.10. The molecule has 2 aromatic heterocycles. The van der Waals surface area contributed by atoms with Crippen LogP contribution < -0.4 is 5.32 Å². The maximum Gasteiger partial charge on any atom is 0.226 e. The Morgan fingerprint density at radius 2 is 2.00 bits per heavy atom. The van der Waals surface area contributed by atoms with Crippen molar-refractivity contribution in [2.24, 2.45) is 0 Å². The first-order chi connectivity index (χ1) is 13.6. The smallest absolute Gasteiger partial charge is 0.226 e. The van der Waals surface area contributed by atoms with Gasteiger partial charge in [0.1, 0.15) is 11.3 Å². The van der Waals surface area contributed by atoms with E-state index >= 15 is 0 Å². The van der Waals surface area contributed by atoms with Crippen molar-refractivity contribution in [1.29, 1.82) is 0 Å². The lowest BCUT2D eigenvalue weighted by Crippen LogP contribution is -2.30. The number of carbonyl (C=O) groups is 3. The van der Waals surface area contributed by atoms with Crippen molar-refractivity contribution in [3.8, 4) is 10.7 Å². The van der Waals surface area contributed by atoms with Gasteiger partial charge in [-0.25, -0.2) is 4.98 Å². The van der Waals surface area contributed by atoms with Crippen LogP contribution in [0.5, 0.6) is 0 Å². The zero-order valence-corrected chi connectivity index (χ0v) is 16.2. The second kappa shape index (κ2) is 9.18. The number of pyridine rings is 1. The SMILES string of the molecule is CN(CCC(=O)Nc1ccc(-c2nc3ccccc3s2)nc1)C(=O)CCC=O.